The molecule has 0 bridgehead atoms. The van der Waals surface area contributed by atoms with E-state index in [1.165, 1.54) is 12.0 Å². The normalized spacial score (nSPS) is 10.1. The molecule has 2 amide bonds. The first-order valence-corrected chi connectivity index (χ1v) is 6.91. The molecular formula is C15H23N3O3. The Morgan fingerprint density at radius 3 is 2.38 bits per heavy atom. The molecule has 0 radical (unpaired) electrons. The van der Waals surface area contributed by atoms with Crippen molar-refractivity contribution in [1.82, 2.24) is 9.80 Å². The third-order valence-corrected chi connectivity index (χ3v) is 3.29. The van der Waals surface area contributed by atoms with Crippen LogP contribution in [0.3, 0.4) is 0 Å². The number of hydrogen-bond acceptors (Lipinski definition) is 4. The molecule has 0 aliphatic carbocycles. The van der Waals surface area contributed by atoms with E-state index in [1.54, 1.807) is 30.1 Å². The highest BCUT2D eigenvalue weighted by Gasteiger charge is 2.20. The number of nitrogen functional groups attached to an aromatic ring is 1. The standard InChI is InChI=1S/C15H23N3O3/c1-5-18(6-2)14(19)10-17(3)15(20)12-8-7-11(16)9-13(12)21-4/h7-9H,5-6,10,16H2,1-4H3. The van der Waals surface area contributed by atoms with Crippen molar-refractivity contribution in [3.8, 4) is 5.75 Å². The molecule has 116 valence electrons. The molecule has 2 N–H and O–H groups in total. The van der Waals surface area contributed by atoms with Gasteiger partial charge in [-0.1, -0.05) is 0 Å². The van der Waals surface area contributed by atoms with Crippen LogP contribution in [0.4, 0.5) is 5.69 Å². The number of methoxy groups -OCH3 is 1. The van der Waals surface area contributed by atoms with Gasteiger partial charge in [0, 0.05) is 31.9 Å². The van der Waals surface area contributed by atoms with Gasteiger partial charge in [-0.15, -0.1) is 0 Å². The van der Waals surface area contributed by atoms with Crippen LogP contribution in [-0.2, 0) is 4.79 Å². The highest BCUT2D eigenvalue weighted by atomic mass is 16.5. The molecule has 0 saturated carbocycles. The SMILES string of the molecule is CCN(CC)C(=O)CN(C)C(=O)c1ccc(N)cc1OC. The number of hydrogen-bond donors (Lipinski definition) is 1. The van der Waals surface area contributed by atoms with Gasteiger partial charge in [0.25, 0.3) is 5.91 Å². The number of amides is 2. The van der Waals surface area contributed by atoms with Crippen LogP contribution in [0.5, 0.6) is 5.75 Å². The molecule has 0 aliphatic heterocycles. The fourth-order valence-corrected chi connectivity index (χ4v) is 2.04. The van der Waals surface area contributed by atoms with Crippen molar-refractivity contribution in [3.05, 3.63) is 23.8 Å². The zero-order valence-corrected chi connectivity index (χ0v) is 13.0. The maximum Gasteiger partial charge on any atom is 0.257 e. The van der Waals surface area contributed by atoms with Crippen molar-refractivity contribution in [2.45, 2.75) is 13.8 Å². The highest BCUT2D eigenvalue weighted by molar-refractivity contribution is 5.99. The van der Waals surface area contributed by atoms with Crippen LogP contribution in [0.25, 0.3) is 0 Å². The number of likely N-dealkylation sites (N-methyl/N-ethyl adjacent to an activating group) is 2. The van der Waals surface area contributed by atoms with Crippen molar-refractivity contribution in [1.29, 1.82) is 0 Å². The lowest BCUT2D eigenvalue weighted by Gasteiger charge is -2.23. The van der Waals surface area contributed by atoms with Crippen LogP contribution >= 0.6 is 0 Å². The summed E-state index contributed by atoms with van der Waals surface area (Å²) in [6.07, 6.45) is 0. The average Bonchev–Trinajstić information content (AvgIpc) is 2.47. The Labute approximate surface area is 125 Å². The molecule has 1 aromatic carbocycles. The minimum atomic E-state index is -0.271. The molecule has 0 saturated heterocycles. The molecule has 6 heteroatoms. The topological polar surface area (TPSA) is 75.9 Å². The summed E-state index contributed by atoms with van der Waals surface area (Å²) in [6.45, 7) is 5.11. The van der Waals surface area contributed by atoms with E-state index in [1.807, 2.05) is 13.8 Å². The first kappa shape index (κ1) is 16.8. The minimum Gasteiger partial charge on any atom is -0.496 e. The van der Waals surface area contributed by atoms with Crippen LogP contribution in [0.15, 0.2) is 18.2 Å². The predicted octanol–water partition coefficient (Wildman–Crippen LogP) is 1.22. The lowest BCUT2D eigenvalue weighted by atomic mass is 10.1. The average molecular weight is 293 g/mol. The number of ether oxygens (including phenoxy) is 1. The first-order valence-electron chi connectivity index (χ1n) is 6.91. The number of carbonyl (C=O) groups excluding carboxylic acids is 2. The Morgan fingerprint density at radius 2 is 1.86 bits per heavy atom. The van der Waals surface area contributed by atoms with Crippen molar-refractivity contribution >= 4 is 17.5 Å². The fraction of sp³-hybridized carbons (Fsp3) is 0.467. The van der Waals surface area contributed by atoms with Crippen LogP contribution in [-0.4, -0.2) is 55.4 Å². The second kappa shape index (κ2) is 7.52. The van der Waals surface area contributed by atoms with Gasteiger partial charge in [0.15, 0.2) is 0 Å². The highest BCUT2D eigenvalue weighted by Crippen LogP contribution is 2.22. The Kier molecular flexibility index (Phi) is 6.02. The summed E-state index contributed by atoms with van der Waals surface area (Å²) in [6, 6.07) is 4.83. The van der Waals surface area contributed by atoms with Gasteiger partial charge in [-0.25, -0.2) is 0 Å². The Bertz CT molecular complexity index is 513. The number of benzene rings is 1. The summed E-state index contributed by atoms with van der Waals surface area (Å²) in [7, 11) is 3.08. The Balaban J connectivity index is 2.86. The van der Waals surface area contributed by atoms with Crippen LogP contribution < -0.4 is 10.5 Å². The number of rotatable bonds is 6. The van der Waals surface area contributed by atoms with E-state index in [4.69, 9.17) is 10.5 Å². The summed E-state index contributed by atoms with van der Waals surface area (Å²) in [4.78, 5) is 27.5. The van der Waals surface area contributed by atoms with Crippen molar-refractivity contribution in [2.75, 3.05) is 39.5 Å². The van der Waals surface area contributed by atoms with Crippen molar-refractivity contribution in [2.24, 2.45) is 0 Å². The zero-order valence-electron chi connectivity index (χ0n) is 13.0. The largest absolute Gasteiger partial charge is 0.496 e. The smallest absolute Gasteiger partial charge is 0.257 e. The van der Waals surface area contributed by atoms with E-state index in [0.717, 1.165) is 0 Å². The van der Waals surface area contributed by atoms with E-state index < -0.39 is 0 Å². The van der Waals surface area contributed by atoms with Gasteiger partial charge in [-0.05, 0) is 26.0 Å². The fourth-order valence-electron chi connectivity index (χ4n) is 2.04. The van der Waals surface area contributed by atoms with Crippen LogP contribution in [0.2, 0.25) is 0 Å². The van der Waals surface area contributed by atoms with E-state index >= 15 is 0 Å². The lowest BCUT2D eigenvalue weighted by Crippen LogP contribution is -2.41. The lowest BCUT2D eigenvalue weighted by molar-refractivity contribution is -0.131. The van der Waals surface area contributed by atoms with Gasteiger partial charge in [0.2, 0.25) is 5.91 Å². The maximum atomic E-state index is 12.4. The van der Waals surface area contributed by atoms with Gasteiger partial charge in [0.05, 0.1) is 19.2 Å². The molecule has 0 aliphatic rings. The van der Waals surface area contributed by atoms with E-state index in [-0.39, 0.29) is 18.4 Å². The van der Waals surface area contributed by atoms with Gasteiger partial charge in [0.1, 0.15) is 5.75 Å². The predicted molar refractivity (Wildman–Crippen MR) is 82.3 cm³/mol. The quantitative estimate of drug-likeness (QED) is 0.800. The zero-order chi connectivity index (χ0) is 16.0. The minimum absolute atomic E-state index is 0.0358. The van der Waals surface area contributed by atoms with Crippen molar-refractivity contribution in [3.63, 3.8) is 0 Å². The molecule has 1 aromatic rings. The van der Waals surface area contributed by atoms with Crippen LogP contribution in [0, 0.1) is 0 Å². The Hall–Kier alpha value is -2.24. The molecule has 6 nitrogen and oxygen atoms in total. The van der Waals surface area contributed by atoms with E-state index in [2.05, 4.69) is 0 Å². The third kappa shape index (κ3) is 4.11. The monoisotopic (exact) mass is 293 g/mol. The van der Waals surface area contributed by atoms with Gasteiger partial charge >= 0.3 is 0 Å². The number of carbonyl (C=O) groups is 2. The Morgan fingerprint density at radius 1 is 1.24 bits per heavy atom. The van der Waals surface area contributed by atoms with Crippen molar-refractivity contribution < 1.29 is 14.3 Å². The molecule has 0 atom stereocenters. The molecule has 0 spiro atoms. The van der Waals surface area contributed by atoms with Crippen LogP contribution in [0.1, 0.15) is 24.2 Å². The summed E-state index contributed by atoms with van der Waals surface area (Å²) in [5.41, 5.74) is 6.58. The molecular weight excluding hydrogens is 270 g/mol. The second-order valence-electron chi connectivity index (χ2n) is 4.69. The van der Waals surface area contributed by atoms with E-state index in [0.29, 0.717) is 30.1 Å². The molecule has 21 heavy (non-hydrogen) atoms. The number of nitrogens with zero attached hydrogens (tertiary/aromatic N) is 2. The molecule has 0 heterocycles. The molecule has 0 fully saturated rings. The van der Waals surface area contributed by atoms with Gasteiger partial charge < -0.3 is 20.3 Å². The maximum absolute atomic E-state index is 12.4. The molecule has 0 unspecified atom stereocenters. The first-order chi connectivity index (χ1) is 9.94. The van der Waals surface area contributed by atoms with E-state index in [9.17, 15) is 9.59 Å². The molecule has 0 aromatic heterocycles. The summed E-state index contributed by atoms with van der Waals surface area (Å²) in [5, 5.41) is 0. The third-order valence-electron chi connectivity index (χ3n) is 3.29. The van der Waals surface area contributed by atoms with Gasteiger partial charge in [-0.3, -0.25) is 9.59 Å². The summed E-state index contributed by atoms with van der Waals surface area (Å²) >= 11 is 0. The summed E-state index contributed by atoms with van der Waals surface area (Å²) < 4.78 is 5.17. The number of anilines is 1. The summed E-state index contributed by atoms with van der Waals surface area (Å²) in [5.74, 6) is 0.0553. The van der Waals surface area contributed by atoms with Gasteiger partial charge in [-0.2, -0.15) is 0 Å². The number of nitrogens with two attached hydrogens (primary N) is 1. The second-order valence-corrected chi connectivity index (χ2v) is 4.69. The molecule has 1 rings (SSSR count).